The van der Waals surface area contributed by atoms with E-state index >= 15 is 0 Å². The lowest BCUT2D eigenvalue weighted by Gasteiger charge is -2.14. The van der Waals surface area contributed by atoms with Crippen LogP contribution in [0.5, 0.6) is 0 Å². The van der Waals surface area contributed by atoms with Gasteiger partial charge in [0.15, 0.2) is 10.8 Å². The standard InChI is InChI=1S/C21H20N6OS/c1-13(17-12-24-27(15(17)3)16-8-5-4-6-9-16)25-20(28)18-14(2)26-21(29-18)19-22-10-7-11-23-19/h4-13H,1-3H3,(H,25,28). The van der Waals surface area contributed by atoms with Gasteiger partial charge in [-0.1, -0.05) is 18.2 Å². The highest BCUT2D eigenvalue weighted by molar-refractivity contribution is 7.17. The highest BCUT2D eigenvalue weighted by Crippen LogP contribution is 2.26. The number of hydrogen-bond donors (Lipinski definition) is 1. The molecule has 0 aliphatic heterocycles. The predicted octanol–water partition coefficient (Wildman–Crippen LogP) is 3.89. The van der Waals surface area contributed by atoms with Gasteiger partial charge in [0.05, 0.1) is 23.6 Å². The van der Waals surface area contributed by atoms with Crippen LogP contribution >= 0.6 is 11.3 Å². The number of rotatable bonds is 5. The summed E-state index contributed by atoms with van der Waals surface area (Å²) in [7, 11) is 0. The van der Waals surface area contributed by atoms with Crippen LogP contribution < -0.4 is 5.32 Å². The number of aromatic nitrogens is 5. The highest BCUT2D eigenvalue weighted by atomic mass is 32.1. The van der Waals surface area contributed by atoms with Crippen molar-refractivity contribution in [2.45, 2.75) is 26.8 Å². The van der Waals surface area contributed by atoms with Gasteiger partial charge >= 0.3 is 0 Å². The van der Waals surface area contributed by atoms with Gasteiger partial charge in [-0.2, -0.15) is 5.10 Å². The minimum absolute atomic E-state index is 0.165. The molecule has 0 spiro atoms. The summed E-state index contributed by atoms with van der Waals surface area (Å²) in [5.41, 5.74) is 3.61. The van der Waals surface area contributed by atoms with Crippen molar-refractivity contribution in [2.24, 2.45) is 0 Å². The van der Waals surface area contributed by atoms with E-state index in [9.17, 15) is 4.79 Å². The number of hydrogen-bond acceptors (Lipinski definition) is 6. The van der Waals surface area contributed by atoms with Crippen LogP contribution in [0.15, 0.2) is 55.0 Å². The molecule has 1 N–H and O–H groups in total. The van der Waals surface area contributed by atoms with Gasteiger partial charge in [0, 0.05) is 23.7 Å². The predicted molar refractivity (Wildman–Crippen MR) is 112 cm³/mol. The third-order valence-corrected chi connectivity index (χ3v) is 5.77. The first-order valence-corrected chi connectivity index (χ1v) is 10.0. The molecule has 1 atom stereocenters. The van der Waals surface area contributed by atoms with E-state index in [0.29, 0.717) is 21.4 Å². The van der Waals surface area contributed by atoms with E-state index in [0.717, 1.165) is 16.9 Å². The zero-order valence-electron chi connectivity index (χ0n) is 16.3. The number of benzene rings is 1. The molecule has 0 fully saturated rings. The van der Waals surface area contributed by atoms with Crippen LogP contribution in [0.3, 0.4) is 0 Å². The molecule has 0 saturated heterocycles. The minimum Gasteiger partial charge on any atom is -0.345 e. The first-order chi connectivity index (χ1) is 14.0. The van der Waals surface area contributed by atoms with Crippen LogP contribution in [0.25, 0.3) is 16.5 Å². The Morgan fingerprint density at radius 1 is 1.10 bits per heavy atom. The van der Waals surface area contributed by atoms with Crippen molar-refractivity contribution in [3.05, 3.63) is 76.8 Å². The van der Waals surface area contributed by atoms with Crippen molar-refractivity contribution in [2.75, 3.05) is 0 Å². The van der Waals surface area contributed by atoms with Crippen molar-refractivity contribution in [1.82, 2.24) is 30.0 Å². The monoisotopic (exact) mass is 404 g/mol. The molecule has 0 saturated carbocycles. The lowest BCUT2D eigenvalue weighted by Crippen LogP contribution is -2.26. The van der Waals surface area contributed by atoms with Crippen LogP contribution in [0, 0.1) is 13.8 Å². The van der Waals surface area contributed by atoms with Crippen LogP contribution in [0.4, 0.5) is 0 Å². The Morgan fingerprint density at radius 2 is 1.83 bits per heavy atom. The van der Waals surface area contributed by atoms with Crippen molar-refractivity contribution in [3.63, 3.8) is 0 Å². The molecule has 0 aliphatic rings. The summed E-state index contributed by atoms with van der Waals surface area (Å²) in [6, 6.07) is 11.5. The fourth-order valence-corrected chi connectivity index (χ4v) is 4.05. The smallest absolute Gasteiger partial charge is 0.263 e. The molecule has 0 bridgehead atoms. The summed E-state index contributed by atoms with van der Waals surface area (Å²) in [5, 5.41) is 8.18. The van der Waals surface area contributed by atoms with Gasteiger partial charge in [0.1, 0.15) is 4.88 Å². The molecule has 1 aromatic carbocycles. The van der Waals surface area contributed by atoms with Crippen molar-refractivity contribution in [1.29, 1.82) is 0 Å². The maximum atomic E-state index is 12.9. The lowest BCUT2D eigenvalue weighted by molar-refractivity contribution is 0.0943. The summed E-state index contributed by atoms with van der Waals surface area (Å²) in [6.45, 7) is 5.77. The molecular formula is C21H20N6OS. The molecule has 146 valence electrons. The van der Waals surface area contributed by atoms with E-state index in [1.54, 1.807) is 24.7 Å². The molecule has 0 aliphatic carbocycles. The second kappa shape index (κ2) is 7.92. The number of nitrogens with one attached hydrogen (secondary N) is 1. The number of amides is 1. The normalized spacial score (nSPS) is 12.0. The van der Waals surface area contributed by atoms with E-state index in [1.165, 1.54) is 11.3 Å². The topological polar surface area (TPSA) is 85.6 Å². The summed E-state index contributed by atoms with van der Waals surface area (Å²) in [4.78, 5) is 26.3. The Morgan fingerprint density at radius 3 is 2.55 bits per heavy atom. The molecule has 1 amide bonds. The van der Waals surface area contributed by atoms with Gasteiger partial charge in [-0.15, -0.1) is 11.3 Å². The molecule has 3 aromatic heterocycles. The van der Waals surface area contributed by atoms with E-state index < -0.39 is 0 Å². The maximum absolute atomic E-state index is 12.9. The van der Waals surface area contributed by atoms with Gasteiger partial charge in [-0.05, 0) is 39.0 Å². The Balaban J connectivity index is 1.54. The molecule has 4 aromatic rings. The Labute approximate surface area is 172 Å². The number of carbonyl (C=O) groups is 1. The summed E-state index contributed by atoms with van der Waals surface area (Å²) in [6.07, 6.45) is 5.12. The fraction of sp³-hybridized carbons (Fsp3) is 0.190. The third-order valence-electron chi connectivity index (χ3n) is 4.62. The molecule has 8 heteroatoms. The summed E-state index contributed by atoms with van der Waals surface area (Å²) < 4.78 is 1.88. The van der Waals surface area contributed by atoms with Crippen LogP contribution in [-0.4, -0.2) is 30.6 Å². The average Bonchev–Trinajstić information content (AvgIpc) is 3.32. The second-order valence-electron chi connectivity index (χ2n) is 6.63. The summed E-state index contributed by atoms with van der Waals surface area (Å²) >= 11 is 1.30. The molecule has 7 nitrogen and oxygen atoms in total. The molecule has 4 rings (SSSR count). The third kappa shape index (κ3) is 3.79. The number of para-hydroxylation sites is 1. The maximum Gasteiger partial charge on any atom is 0.263 e. The van der Waals surface area contributed by atoms with Crippen LogP contribution in [0.1, 0.15) is 39.6 Å². The van der Waals surface area contributed by atoms with Crippen LogP contribution in [-0.2, 0) is 0 Å². The molecule has 0 radical (unpaired) electrons. The van der Waals surface area contributed by atoms with Crippen molar-refractivity contribution < 1.29 is 4.79 Å². The van der Waals surface area contributed by atoms with Crippen molar-refractivity contribution in [3.8, 4) is 16.5 Å². The molecule has 3 heterocycles. The largest absolute Gasteiger partial charge is 0.345 e. The van der Waals surface area contributed by atoms with Gasteiger partial charge in [-0.25, -0.2) is 19.6 Å². The SMILES string of the molecule is Cc1nc(-c2ncccn2)sc1C(=O)NC(C)c1cnn(-c2ccccc2)c1C. The fourth-order valence-electron chi connectivity index (χ4n) is 3.13. The number of nitrogens with zero attached hydrogens (tertiary/aromatic N) is 5. The zero-order valence-corrected chi connectivity index (χ0v) is 17.1. The highest BCUT2D eigenvalue weighted by Gasteiger charge is 2.21. The number of carbonyl (C=O) groups excluding carboxylic acids is 1. The quantitative estimate of drug-likeness (QED) is 0.545. The second-order valence-corrected chi connectivity index (χ2v) is 7.63. The Kier molecular flexibility index (Phi) is 5.18. The molecular weight excluding hydrogens is 384 g/mol. The Bertz CT molecular complexity index is 1140. The van der Waals surface area contributed by atoms with Gasteiger partial charge in [0.2, 0.25) is 0 Å². The number of aryl methyl sites for hydroxylation is 1. The Hall–Kier alpha value is -3.39. The van der Waals surface area contributed by atoms with Crippen LogP contribution in [0.2, 0.25) is 0 Å². The van der Waals surface area contributed by atoms with Gasteiger partial charge in [-0.3, -0.25) is 4.79 Å². The van der Waals surface area contributed by atoms with Gasteiger partial charge < -0.3 is 5.32 Å². The van der Waals surface area contributed by atoms with E-state index in [4.69, 9.17) is 0 Å². The van der Waals surface area contributed by atoms with E-state index in [2.05, 4.69) is 25.4 Å². The minimum atomic E-state index is -0.196. The first kappa shape index (κ1) is 18.9. The average molecular weight is 404 g/mol. The lowest BCUT2D eigenvalue weighted by atomic mass is 10.1. The van der Waals surface area contributed by atoms with E-state index in [1.807, 2.05) is 55.8 Å². The molecule has 1 unspecified atom stereocenters. The van der Waals surface area contributed by atoms with Crippen molar-refractivity contribution >= 4 is 17.2 Å². The summed E-state index contributed by atoms with van der Waals surface area (Å²) in [5.74, 6) is 0.356. The molecule has 29 heavy (non-hydrogen) atoms. The first-order valence-electron chi connectivity index (χ1n) is 9.20. The zero-order chi connectivity index (χ0) is 20.4. The van der Waals surface area contributed by atoms with Gasteiger partial charge in [0.25, 0.3) is 5.91 Å². The number of thiazole rings is 1. The van der Waals surface area contributed by atoms with E-state index in [-0.39, 0.29) is 11.9 Å².